The number of thioether (sulfide) groups is 2. The van der Waals surface area contributed by atoms with Crippen LogP contribution in [0, 0.1) is 0 Å². The molecule has 0 saturated carbocycles. The molecule has 1 heterocycles. The fourth-order valence-corrected chi connectivity index (χ4v) is 3.74. The molecule has 1 aromatic rings. The summed E-state index contributed by atoms with van der Waals surface area (Å²) in [6.45, 7) is 1.83. The van der Waals surface area contributed by atoms with E-state index in [1.807, 2.05) is 13.2 Å². The minimum atomic E-state index is -0.619. The number of amides is 1. The Morgan fingerprint density at radius 1 is 1.50 bits per heavy atom. The van der Waals surface area contributed by atoms with Crippen molar-refractivity contribution in [1.82, 2.24) is 15.5 Å². The zero-order valence-corrected chi connectivity index (χ0v) is 13.2. The van der Waals surface area contributed by atoms with Crippen LogP contribution < -0.4 is 11.1 Å². The maximum Gasteiger partial charge on any atom is 0.237 e. The van der Waals surface area contributed by atoms with E-state index in [9.17, 15) is 4.79 Å². The zero-order valence-electron chi connectivity index (χ0n) is 10.7. The van der Waals surface area contributed by atoms with Crippen molar-refractivity contribution in [2.24, 2.45) is 5.73 Å². The van der Waals surface area contributed by atoms with E-state index in [0.717, 1.165) is 27.3 Å². The number of nitrogens with one attached hydrogen (secondary N) is 1. The lowest BCUT2D eigenvalue weighted by Crippen LogP contribution is -2.51. The van der Waals surface area contributed by atoms with Crippen LogP contribution in [0.1, 0.15) is 19.8 Å². The topological polar surface area (TPSA) is 80.9 Å². The number of hydrogen-bond acceptors (Lipinski definition) is 7. The first-order valence-corrected chi connectivity index (χ1v) is 8.53. The Labute approximate surface area is 120 Å². The Kier molecular flexibility index (Phi) is 6.40. The minimum absolute atomic E-state index is 0.310. The summed E-state index contributed by atoms with van der Waals surface area (Å²) in [4.78, 5) is 11.3. The van der Waals surface area contributed by atoms with Crippen LogP contribution in [0.2, 0.25) is 0 Å². The smallest absolute Gasteiger partial charge is 0.237 e. The van der Waals surface area contributed by atoms with Gasteiger partial charge in [0, 0.05) is 5.75 Å². The van der Waals surface area contributed by atoms with Crippen molar-refractivity contribution in [3.63, 3.8) is 0 Å². The van der Waals surface area contributed by atoms with Gasteiger partial charge in [0.05, 0.1) is 5.54 Å². The Morgan fingerprint density at radius 2 is 2.17 bits per heavy atom. The molecule has 18 heavy (non-hydrogen) atoms. The van der Waals surface area contributed by atoms with Gasteiger partial charge in [0.2, 0.25) is 5.91 Å². The molecule has 5 nitrogen and oxygen atoms in total. The Bertz CT molecular complexity index is 398. The molecule has 0 spiro atoms. The van der Waals surface area contributed by atoms with Crippen molar-refractivity contribution < 1.29 is 4.79 Å². The highest BCUT2D eigenvalue weighted by atomic mass is 32.2. The van der Waals surface area contributed by atoms with Gasteiger partial charge in [0.25, 0.3) is 0 Å². The fourth-order valence-electron chi connectivity index (χ4n) is 1.29. The van der Waals surface area contributed by atoms with Crippen molar-refractivity contribution >= 4 is 40.8 Å². The summed E-state index contributed by atoms with van der Waals surface area (Å²) in [5.74, 6) is 0.601. The molecule has 1 aromatic heterocycles. The molecule has 102 valence electrons. The van der Waals surface area contributed by atoms with E-state index in [-0.39, 0.29) is 5.91 Å². The number of rotatable bonds is 8. The molecule has 1 amide bonds. The first kappa shape index (κ1) is 15.7. The van der Waals surface area contributed by atoms with E-state index in [1.165, 1.54) is 0 Å². The fraction of sp³-hybridized carbons (Fsp3) is 0.700. The van der Waals surface area contributed by atoms with E-state index < -0.39 is 5.54 Å². The molecule has 1 rings (SSSR count). The third kappa shape index (κ3) is 4.42. The first-order valence-electron chi connectivity index (χ1n) is 5.51. The van der Waals surface area contributed by atoms with Gasteiger partial charge < -0.3 is 11.1 Å². The number of nitrogens with zero attached hydrogens (tertiary/aromatic N) is 2. The van der Waals surface area contributed by atoms with Crippen LogP contribution in [-0.4, -0.2) is 40.7 Å². The Balaban J connectivity index is 2.32. The molecule has 1 atom stereocenters. The van der Waals surface area contributed by atoms with Gasteiger partial charge in [-0.2, -0.15) is 0 Å². The first-order chi connectivity index (χ1) is 8.51. The van der Waals surface area contributed by atoms with Gasteiger partial charge in [-0.3, -0.25) is 4.79 Å². The molecule has 0 aliphatic rings. The summed E-state index contributed by atoms with van der Waals surface area (Å²) in [5, 5.41) is 11.1. The third-order valence-electron chi connectivity index (χ3n) is 2.70. The Morgan fingerprint density at radius 3 is 2.67 bits per heavy atom. The number of carbonyl (C=O) groups is 1. The number of likely N-dealkylation sites (N-methyl/N-ethyl adjacent to an activating group) is 1. The van der Waals surface area contributed by atoms with Crippen LogP contribution in [0.25, 0.3) is 0 Å². The second-order valence-electron chi connectivity index (χ2n) is 3.94. The average molecular weight is 306 g/mol. The molecule has 3 N–H and O–H groups in total. The average Bonchev–Trinajstić information content (AvgIpc) is 2.82. The lowest BCUT2D eigenvalue weighted by molar-refractivity contribution is -0.123. The summed E-state index contributed by atoms with van der Waals surface area (Å²) in [7, 11) is 1.76. The third-order valence-corrected chi connectivity index (χ3v) is 5.82. The van der Waals surface area contributed by atoms with Crippen molar-refractivity contribution in [3.05, 3.63) is 0 Å². The molecule has 0 radical (unpaired) electrons. The monoisotopic (exact) mass is 306 g/mol. The molecule has 0 bridgehead atoms. The van der Waals surface area contributed by atoms with E-state index in [2.05, 4.69) is 15.5 Å². The van der Waals surface area contributed by atoms with Gasteiger partial charge in [-0.15, -0.1) is 10.2 Å². The summed E-state index contributed by atoms with van der Waals surface area (Å²) in [6, 6.07) is 0. The maximum atomic E-state index is 11.3. The van der Waals surface area contributed by atoms with Gasteiger partial charge in [0.15, 0.2) is 8.68 Å². The molecule has 0 aliphatic heterocycles. The molecule has 0 aromatic carbocycles. The van der Waals surface area contributed by atoms with Gasteiger partial charge in [-0.25, -0.2) is 0 Å². The highest BCUT2D eigenvalue weighted by Gasteiger charge is 2.27. The van der Waals surface area contributed by atoms with Gasteiger partial charge in [-0.05, 0) is 33.1 Å². The number of primary amides is 1. The van der Waals surface area contributed by atoms with Crippen molar-refractivity contribution in [1.29, 1.82) is 0 Å². The summed E-state index contributed by atoms with van der Waals surface area (Å²) in [5.41, 5.74) is 4.75. The van der Waals surface area contributed by atoms with E-state index in [1.54, 1.807) is 41.9 Å². The van der Waals surface area contributed by atoms with Crippen LogP contribution >= 0.6 is 34.9 Å². The second-order valence-corrected chi connectivity index (χ2v) is 7.31. The molecular weight excluding hydrogens is 288 g/mol. The van der Waals surface area contributed by atoms with Crippen molar-refractivity contribution in [2.45, 2.75) is 34.0 Å². The lowest BCUT2D eigenvalue weighted by atomic mass is 9.96. The second kappa shape index (κ2) is 7.32. The van der Waals surface area contributed by atoms with Gasteiger partial charge >= 0.3 is 0 Å². The standard InChI is InChI=1S/C10H18N4OS3/c1-10(12-2,7(11)15)5-4-6-17-9-14-13-8(16-3)18-9/h12H,4-6H2,1-3H3,(H2,11,15). The minimum Gasteiger partial charge on any atom is -0.368 e. The maximum absolute atomic E-state index is 11.3. The highest BCUT2D eigenvalue weighted by Crippen LogP contribution is 2.28. The molecule has 8 heteroatoms. The molecule has 0 saturated heterocycles. The van der Waals surface area contributed by atoms with E-state index in [0.29, 0.717) is 0 Å². The molecule has 0 aliphatic carbocycles. The largest absolute Gasteiger partial charge is 0.368 e. The number of aromatic nitrogens is 2. The number of hydrogen-bond donors (Lipinski definition) is 2. The van der Waals surface area contributed by atoms with Crippen LogP contribution in [0.15, 0.2) is 8.68 Å². The summed E-state index contributed by atoms with van der Waals surface area (Å²) in [6.07, 6.45) is 3.61. The quantitative estimate of drug-likeness (QED) is 0.561. The van der Waals surface area contributed by atoms with Crippen molar-refractivity contribution in [3.8, 4) is 0 Å². The molecular formula is C10H18N4OS3. The van der Waals surface area contributed by atoms with Crippen LogP contribution in [-0.2, 0) is 4.79 Å². The Hall–Kier alpha value is -0.310. The van der Waals surface area contributed by atoms with Crippen molar-refractivity contribution in [2.75, 3.05) is 19.1 Å². The number of nitrogens with two attached hydrogens (primary N) is 1. The highest BCUT2D eigenvalue weighted by molar-refractivity contribution is 8.02. The molecule has 1 unspecified atom stereocenters. The van der Waals surface area contributed by atoms with E-state index >= 15 is 0 Å². The normalized spacial score (nSPS) is 14.4. The van der Waals surface area contributed by atoms with Crippen LogP contribution in [0.4, 0.5) is 0 Å². The predicted molar refractivity (Wildman–Crippen MR) is 78.3 cm³/mol. The lowest BCUT2D eigenvalue weighted by Gasteiger charge is -2.25. The summed E-state index contributed by atoms with van der Waals surface area (Å²) < 4.78 is 1.96. The van der Waals surface area contributed by atoms with Crippen LogP contribution in [0.3, 0.4) is 0 Å². The van der Waals surface area contributed by atoms with Crippen LogP contribution in [0.5, 0.6) is 0 Å². The SMILES string of the molecule is CNC(C)(CCCSc1nnc(SC)s1)C(N)=O. The predicted octanol–water partition coefficient (Wildman–Crippen LogP) is 1.60. The summed E-state index contributed by atoms with van der Waals surface area (Å²) >= 11 is 4.87. The molecule has 0 fully saturated rings. The van der Waals surface area contributed by atoms with Gasteiger partial charge in [-0.1, -0.05) is 34.9 Å². The number of carbonyl (C=O) groups excluding carboxylic acids is 1. The van der Waals surface area contributed by atoms with Gasteiger partial charge in [0.1, 0.15) is 0 Å². The van der Waals surface area contributed by atoms with E-state index in [4.69, 9.17) is 5.73 Å². The zero-order chi connectivity index (χ0) is 13.6.